The Morgan fingerprint density at radius 1 is 1.62 bits per heavy atom. The second kappa shape index (κ2) is 4.28. The summed E-state index contributed by atoms with van der Waals surface area (Å²) in [6.07, 6.45) is 6.43. The molecule has 6 heteroatoms. The minimum absolute atomic E-state index is 0.0658. The lowest BCUT2D eigenvalue weighted by Gasteiger charge is -2.06. The molecule has 6 nitrogen and oxygen atoms in total. The molecule has 0 aliphatic carbocycles. The molecular weight excluding hydrogens is 206 g/mol. The second-order valence-electron chi connectivity index (χ2n) is 3.65. The molecule has 1 unspecified atom stereocenters. The highest BCUT2D eigenvalue weighted by atomic mass is 16.1. The van der Waals surface area contributed by atoms with Crippen molar-refractivity contribution in [2.45, 2.75) is 13.0 Å². The van der Waals surface area contributed by atoms with E-state index in [1.165, 1.54) is 6.20 Å². The Hall–Kier alpha value is -1.95. The summed E-state index contributed by atoms with van der Waals surface area (Å²) in [6, 6.07) is -0.0658. The minimum Gasteiger partial charge on any atom is -0.350 e. The van der Waals surface area contributed by atoms with Crippen molar-refractivity contribution in [2.75, 3.05) is 6.54 Å². The van der Waals surface area contributed by atoms with E-state index in [1.807, 2.05) is 6.92 Å². The lowest BCUT2D eigenvalue weighted by Crippen LogP contribution is -2.35. The summed E-state index contributed by atoms with van der Waals surface area (Å²) in [4.78, 5) is 15.7. The maximum Gasteiger partial charge on any atom is 0.255 e. The van der Waals surface area contributed by atoms with Crippen LogP contribution in [-0.2, 0) is 0 Å². The molecule has 16 heavy (non-hydrogen) atoms. The Kier molecular flexibility index (Phi) is 2.82. The Labute approximate surface area is 92.5 Å². The molecule has 0 aromatic carbocycles. The number of hydrogen-bond acceptors (Lipinski definition) is 4. The van der Waals surface area contributed by atoms with Crippen molar-refractivity contribution >= 4 is 11.4 Å². The summed E-state index contributed by atoms with van der Waals surface area (Å²) < 4.78 is 1.60. The average Bonchev–Trinajstić information content (AvgIpc) is 2.69. The van der Waals surface area contributed by atoms with E-state index in [4.69, 9.17) is 5.73 Å². The van der Waals surface area contributed by atoms with Crippen LogP contribution in [0.4, 0.5) is 0 Å². The van der Waals surface area contributed by atoms with Gasteiger partial charge in [-0.05, 0) is 6.92 Å². The number of nitrogens with one attached hydrogen (secondary N) is 1. The predicted octanol–water partition coefficient (Wildman–Crippen LogP) is -0.194. The van der Waals surface area contributed by atoms with Crippen LogP contribution in [0.15, 0.2) is 24.8 Å². The summed E-state index contributed by atoms with van der Waals surface area (Å²) in [7, 11) is 0. The zero-order chi connectivity index (χ0) is 11.5. The molecule has 0 fully saturated rings. The maximum absolute atomic E-state index is 11.8. The first-order chi connectivity index (χ1) is 7.68. The van der Waals surface area contributed by atoms with Crippen molar-refractivity contribution < 1.29 is 4.79 Å². The molecule has 0 aliphatic rings. The lowest BCUT2D eigenvalue weighted by atomic mass is 10.2. The van der Waals surface area contributed by atoms with Gasteiger partial charge in [-0.3, -0.25) is 9.78 Å². The van der Waals surface area contributed by atoms with Gasteiger partial charge in [-0.2, -0.15) is 5.10 Å². The molecular formula is C10H13N5O. The maximum atomic E-state index is 11.8. The fraction of sp³-hybridized carbons (Fsp3) is 0.300. The monoisotopic (exact) mass is 219 g/mol. The van der Waals surface area contributed by atoms with Gasteiger partial charge in [-0.15, -0.1) is 0 Å². The number of carbonyl (C=O) groups is 1. The average molecular weight is 219 g/mol. The Balaban J connectivity index is 2.23. The SMILES string of the molecule is CC(N)CNC(=O)c1cnn2ccncc12. The first-order valence-electron chi connectivity index (χ1n) is 4.99. The number of nitrogens with two attached hydrogens (primary N) is 1. The van der Waals surface area contributed by atoms with Gasteiger partial charge in [0.1, 0.15) is 0 Å². The summed E-state index contributed by atoms with van der Waals surface area (Å²) in [5.41, 5.74) is 6.75. The number of fused-ring (bicyclic) bond motifs is 1. The Bertz CT molecular complexity index is 505. The highest BCUT2D eigenvalue weighted by molar-refractivity contribution is 6.00. The number of aromatic nitrogens is 3. The largest absolute Gasteiger partial charge is 0.350 e. The number of carbonyl (C=O) groups excluding carboxylic acids is 1. The number of hydrogen-bond donors (Lipinski definition) is 2. The van der Waals surface area contributed by atoms with E-state index in [1.54, 1.807) is 23.1 Å². The van der Waals surface area contributed by atoms with E-state index in [9.17, 15) is 4.79 Å². The molecule has 2 aromatic heterocycles. The van der Waals surface area contributed by atoms with Crippen molar-refractivity contribution in [3.05, 3.63) is 30.4 Å². The van der Waals surface area contributed by atoms with E-state index in [-0.39, 0.29) is 11.9 Å². The van der Waals surface area contributed by atoms with Crippen LogP contribution in [-0.4, -0.2) is 33.1 Å². The van der Waals surface area contributed by atoms with E-state index in [0.29, 0.717) is 17.6 Å². The molecule has 0 spiro atoms. The summed E-state index contributed by atoms with van der Waals surface area (Å²) in [5.74, 6) is -0.180. The fourth-order valence-corrected chi connectivity index (χ4v) is 1.36. The predicted molar refractivity (Wildman–Crippen MR) is 59.0 cm³/mol. The molecule has 84 valence electrons. The lowest BCUT2D eigenvalue weighted by molar-refractivity contribution is 0.0953. The zero-order valence-electron chi connectivity index (χ0n) is 8.92. The van der Waals surface area contributed by atoms with Crippen LogP contribution in [0.5, 0.6) is 0 Å². The van der Waals surface area contributed by atoms with Crippen LogP contribution in [0, 0.1) is 0 Å². The molecule has 0 saturated heterocycles. The smallest absolute Gasteiger partial charge is 0.255 e. The van der Waals surface area contributed by atoms with Crippen molar-refractivity contribution in [3.63, 3.8) is 0 Å². The van der Waals surface area contributed by atoms with Crippen LogP contribution in [0.25, 0.3) is 5.52 Å². The summed E-state index contributed by atoms with van der Waals surface area (Å²) in [6.45, 7) is 2.27. The van der Waals surface area contributed by atoms with Crippen LogP contribution in [0.2, 0.25) is 0 Å². The number of nitrogens with zero attached hydrogens (tertiary/aromatic N) is 3. The molecule has 2 rings (SSSR count). The molecule has 0 saturated carbocycles. The highest BCUT2D eigenvalue weighted by Gasteiger charge is 2.12. The molecule has 0 bridgehead atoms. The molecule has 1 amide bonds. The van der Waals surface area contributed by atoms with Gasteiger partial charge in [0.25, 0.3) is 5.91 Å². The van der Waals surface area contributed by atoms with Gasteiger partial charge in [-0.25, -0.2) is 4.52 Å². The highest BCUT2D eigenvalue weighted by Crippen LogP contribution is 2.07. The van der Waals surface area contributed by atoms with Gasteiger partial charge in [0.05, 0.1) is 23.5 Å². The molecule has 0 radical (unpaired) electrons. The second-order valence-corrected chi connectivity index (χ2v) is 3.65. The molecule has 0 aliphatic heterocycles. The third-order valence-corrected chi connectivity index (χ3v) is 2.15. The van der Waals surface area contributed by atoms with Crippen molar-refractivity contribution in [3.8, 4) is 0 Å². The molecule has 1 atom stereocenters. The standard InChI is InChI=1S/C10H13N5O/c1-7(11)4-13-10(16)8-5-14-15-3-2-12-6-9(8)15/h2-3,5-7H,4,11H2,1H3,(H,13,16). The van der Waals surface area contributed by atoms with Gasteiger partial charge in [0.15, 0.2) is 0 Å². The van der Waals surface area contributed by atoms with Gasteiger partial charge < -0.3 is 11.1 Å². The van der Waals surface area contributed by atoms with Gasteiger partial charge in [0, 0.05) is 25.0 Å². The third-order valence-electron chi connectivity index (χ3n) is 2.15. The van der Waals surface area contributed by atoms with E-state index in [2.05, 4.69) is 15.4 Å². The van der Waals surface area contributed by atoms with Crippen molar-refractivity contribution in [1.29, 1.82) is 0 Å². The van der Waals surface area contributed by atoms with Gasteiger partial charge in [0.2, 0.25) is 0 Å². The van der Waals surface area contributed by atoms with Crippen LogP contribution in [0.3, 0.4) is 0 Å². The Morgan fingerprint density at radius 3 is 3.19 bits per heavy atom. The normalized spacial score (nSPS) is 12.6. The zero-order valence-corrected chi connectivity index (χ0v) is 8.92. The molecule has 2 heterocycles. The van der Waals surface area contributed by atoms with Crippen molar-refractivity contribution in [2.24, 2.45) is 5.73 Å². The van der Waals surface area contributed by atoms with E-state index in [0.717, 1.165) is 0 Å². The number of rotatable bonds is 3. The van der Waals surface area contributed by atoms with Crippen molar-refractivity contribution in [1.82, 2.24) is 19.9 Å². The minimum atomic E-state index is -0.180. The quantitative estimate of drug-likeness (QED) is 0.749. The number of amides is 1. The van der Waals surface area contributed by atoms with Crippen LogP contribution < -0.4 is 11.1 Å². The first-order valence-corrected chi connectivity index (χ1v) is 4.99. The van der Waals surface area contributed by atoms with Gasteiger partial charge >= 0.3 is 0 Å². The fourth-order valence-electron chi connectivity index (χ4n) is 1.36. The molecule has 3 N–H and O–H groups in total. The van der Waals surface area contributed by atoms with Crippen LogP contribution in [0.1, 0.15) is 17.3 Å². The van der Waals surface area contributed by atoms with E-state index < -0.39 is 0 Å². The summed E-state index contributed by atoms with van der Waals surface area (Å²) in [5, 5.41) is 6.78. The summed E-state index contributed by atoms with van der Waals surface area (Å²) >= 11 is 0. The third kappa shape index (κ3) is 2.01. The first kappa shape index (κ1) is 10.6. The van der Waals surface area contributed by atoms with E-state index >= 15 is 0 Å². The van der Waals surface area contributed by atoms with Crippen LogP contribution >= 0.6 is 0 Å². The topological polar surface area (TPSA) is 85.3 Å². The Morgan fingerprint density at radius 2 is 2.44 bits per heavy atom. The molecule has 2 aromatic rings. The van der Waals surface area contributed by atoms with Gasteiger partial charge in [-0.1, -0.05) is 0 Å².